The SMILES string of the molecule is Cc1ccsc1C(=O)N1CCC(c2nc(-c3ccccc3)n[nH]2)CC1. The zero-order valence-corrected chi connectivity index (χ0v) is 14.9. The lowest BCUT2D eigenvalue weighted by Crippen LogP contribution is -2.38. The quantitative estimate of drug-likeness (QED) is 0.778. The topological polar surface area (TPSA) is 61.9 Å². The number of piperidine rings is 1. The predicted molar refractivity (Wildman–Crippen MR) is 98.8 cm³/mol. The van der Waals surface area contributed by atoms with E-state index in [1.54, 1.807) is 0 Å². The second kappa shape index (κ2) is 6.80. The van der Waals surface area contributed by atoms with Crippen molar-refractivity contribution in [1.82, 2.24) is 20.1 Å². The standard InChI is InChI=1S/C19H20N4OS/c1-13-9-12-25-16(13)19(24)23-10-7-15(8-11-23)18-20-17(21-22-18)14-5-3-2-4-6-14/h2-6,9,12,15H,7-8,10-11H2,1H3,(H,20,21,22). The number of aromatic nitrogens is 3. The molecule has 2 aromatic heterocycles. The number of carbonyl (C=O) groups is 1. The fraction of sp³-hybridized carbons (Fsp3) is 0.316. The van der Waals surface area contributed by atoms with Gasteiger partial charge in [-0.25, -0.2) is 4.98 Å². The molecule has 0 aliphatic carbocycles. The van der Waals surface area contributed by atoms with Crippen LogP contribution in [0.4, 0.5) is 0 Å². The van der Waals surface area contributed by atoms with Crippen molar-refractivity contribution in [3.8, 4) is 11.4 Å². The van der Waals surface area contributed by atoms with Crippen LogP contribution in [0.15, 0.2) is 41.8 Å². The summed E-state index contributed by atoms with van der Waals surface area (Å²) in [6, 6.07) is 12.0. The molecule has 0 bridgehead atoms. The van der Waals surface area contributed by atoms with Crippen LogP contribution in [0, 0.1) is 6.92 Å². The molecule has 1 aliphatic rings. The van der Waals surface area contributed by atoms with Crippen LogP contribution in [0.5, 0.6) is 0 Å². The van der Waals surface area contributed by atoms with Crippen LogP contribution in [0.1, 0.15) is 39.8 Å². The van der Waals surface area contributed by atoms with E-state index in [-0.39, 0.29) is 5.91 Å². The van der Waals surface area contributed by atoms with E-state index in [0.29, 0.717) is 5.92 Å². The predicted octanol–water partition coefficient (Wildman–Crippen LogP) is 3.86. The Hall–Kier alpha value is -2.47. The van der Waals surface area contributed by atoms with Gasteiger partial charge in [-0.3, -0.25) is 9.89 Å². The van der Waals surface area contributed by atoms with Gasteiger partial charge in [0.1, 0.15) is 5.82 Å². The largest absolute Gasteiger partial charge is 0.338 e. The Morgan fingerprint density at radius 1 is 1.20 bits per heavy atom. The number of thiophene rings is 1. The second-order valence-electron chi connectivity index (χ2n) is 6.41. The Morgan fingerprint density at radius 3 is 2.64 bits per heavy atom. The number of H-pyrrole nitrogens is 1. The van der Waals surface area contributed by atoms with Crippen molar-refractivity contribution in [3.63, 3.8) is 0 Å². The van der Waals surface area contributed by atoms with E-state index in [0.717, 1.165) is 53.6 Å². The molecule has 3 aromatic rings. The number of aromatic amines is 1. The number of carbonyl (C=O) groups excluding carboxylic acids is 1. The lowest BCUT2D eigenvalue weighted by Gasteiger charge is -2.30. The maximum atomic E-state index is 12.6. The van der Waals surface area contributed by atoms with E-state index in [1.807, 2.05) is 53.6 Å². The van der Waals surface area contributed by atoms with Gasteiger partial charge in [0.2, 0.25) is 0 Å². The fourth-order valence-corrected chi connectivity index (χ4v) is 4.16. The first-order chi connectivity index (χ1) is 12.2. The van der Waals surface area contributed by atoms with Gasteiger partial charge in [0.05, 0.1) is 4.88 Å². The minimum Gasteiger partial charge on any atom is -0.338 e. The molecule has 1 N–H and O–H groups in total. The van der Waals surface area contributed by atoms with Crippen LogP contribution in [0.2, 0.25) is 0 Å². The van der Waals surface area contributed by atoms with E-state index in [9.17, 15) is 4.79 Å². The van der Waals surface area contributed by atoms with Gasteiger partial charge in [-0.05, 0) is 36.8 Å². The molecule has 4 rings (SSSR count). The molecule has 3 heterocycles. The molecule has 1 amide bonds. The highest BCUT2D eigenvalue weighted by molar-refractivity contribution is 7.12. The molecule has 0 unspecified atom stereocenters. The van der Waals surface area contributed by atoms with E-state index in [4.69, 9.17) is 0 Å². The summed E-state index contributed by atoms with van der Waals surface area (Å²) in [4.78, 5) is 20.1. The highest BCUT2D eigenvalue weighted by Gasteiger charge is 2.27. The van der Waals surface area contributed by atoms with Gasteiger partial charge < -0.3 is 4.90 Å². The minimum atomic E-state index is 0.161. The number of nitrogens with one attached hydrogen (secondary N) is 1. The van der Waals surface area contributed by atoms with Crippen LogP contribution in [-0.4, -0.2) is 39.1 Å². The summed E-state index contributed by atoms with van der Waals surface area (Å²) < 4.78 is 0. The summed E-state index contributed by atoms with van der Waals surface area (Å²) in [6.07, 6.45) is 1.83. The van der Waals surface area contributed by atoms with Gasteiger partial charge in [-0.1, -0.05) is 30.3 Å². The van der Waals surface area contributed by atoms with E-state index in [1.165, 1.54) is 11.3 Å². The van der Waals surface area contributed by atoms with Gasteiger partial charge >= 0.3 is 0 Å². The van der Waals surface area contributed by atoms with Gasteiger partial charge in [0.25, 0.3) is 5.91 Å². The molecule has 0 atom stereocenters. The first kappa shape index (κ1) is 16.0. The maximum absolute atomic E-state index is 12.6. The number of rotatable bonds is 3. The van der Waals surface area contributed by atoms with Crippen molar-refractivity contribution < 1.29 is 4.79 Å². The molecule has 25 heavy (non-hydrogen) atoms. The first-order valence-corrected chi connectivity index (χ1v) is 9.41. The average Bonchev–Trinajstić information content (AvgIpc) is 3.31. The molecule has 0 saturated carbocycles. The summed E-state index contributed by atoms with van der Waals surface area (Å²) in [7, 11) is 0. The summed E-state index contributed by atoms with van der Waals surface area (Å²) in [5, 5.41) is 9.43. The number of amides is 1. The Kier molecular flexibility index (Phi) is 4.36. The third-order valence-electron chi connectivity index (χ3n) is 4.76. The first-order valence-electron chi connectivity index (χ1n) is 8.53. The summed E-state index contributed by atoms with van der Waals surface area (Å²) in [5.74, 6) is 2.16. The summed E-state index contributed by atoms with van der Waals surface area (Å²) in [5.41, 5.74) is 2.09. The van der Waals surface area contributed by atoms with Crippen molar-refractivity contribution >= 4 is 17.2 Å². The molecule has 5 nitrogen and oxygen atoms in total. The molecule has 1 fully saturated rings. The number of likely N-dealkylation sites (tertiary alicyclic amines) is 1. The zero-order chi connectivity index (χ0) is 17.2. The Labute approximate surface area is 150 Å². The minimum absolute atomic E-state index is 0.161. The van der Waals surface area contributed by atoms with Crippen LogP contribution < -0.4 is 0 Å². The highest BCUT2D eigenvalue weighted by Crippen LogP contribution is 2.28. The number of hydrogen-bond donors (Lipinski definition) is 1. The third kappa shape index (κ3) is 3.22. The lowest BCUT2D eigenvalue weighted by atomic mass is 9.96. The smallest absolute Gasteiger partial charge is 0.264 e. The van der Waals surface area contributed by atoms with Gasteiger partial charge in [-0.2, -0.15) is 5.10 Å². The normalized spacial score (nSPS) is 15.5. The maximum Gasteiger partial charge on any atom is 0.264 e. The zero-order valence-electron chi connectivity index (χ0n) is 14.1. The molecule has 128 valence electrons. The van der Waals surface area contributed by atoms with Crippen molar-refractivity contribution in [3.05, 3.63) is 58.0 Å². The monoisotopic (exact) mass is 352 g/mol. The van der Waals surface area contributed by atoms with Crippen molar-refractivity contribution in [1.29, 1.82) is 0 Å². The van der Waals surface area contributed by atoms with Crippen LogP contribution >= 0.6 is 11.3 Å². The van der Waals surface area contributed by atoms with Crippen LogP contribution in [-0.2, 0) is 0 Å². The Bertz CT molecular complexity index is 862. The summed E-state index contributed by atoms with van der Waals surface area (Å²) >= 11 is 1.53. The van der Waals surface area contributed by atoms with Crippen molar-refractivity contribution in [2.75, 3.05) is 13.1 Å². The van der Waals surface area contributed by atoms with Crippen LogP contribution in [0.25, 0.3) is 11.4 Å². The molecule has 1 saturated heterocycles. The number of benzene rings is 1. The molecule has 1 aliphatic heterocycles. The third-order valence-corrected chi connectivity index (χ3v) is 5.76. The molecule has 0 spiro atoms. The highest BCUT2D eigenvalue weighted by atomic mass is 32.1. The molecule has 6 heteroatoms. The van der Waals surface area contributed by atoms with Crippen LogP contribution in [0.3, 0.4) is 0 Å². The van der Waals surface area contributed by atoms with Crippen molar-refractivity contribution in [2.24, 2.45) is 0 Å². The molecular weight excluding hydrogens is 332 g/mol. The number of aryl methyl sites for hydroxylation is 1. The molecular formula is C19H20N4OS. The Balaban J connectivity index is 1.42. The second-order valence-corrected chi connectivity index (χ2v) is 7.33. The lowest BCUT2D eigenvalue weighted by molar-refractivity contribution is 0.0715. The Morgan fingerprint density at radius 2 is 1.96 bits per heavy atom. The molecule has 1 aromatic carbocycles. The van der Waals surface area contributed by atoms with E-state index >= 15 is 0 Å². The van der Waals surface area contributed by atoms with E-state index < -0.39 is 0 Å². The number of nitrogens with zero attached hydrogens (tertiary/aromatic N) is 3. The van der Waals surface area contributed by atoms with Gasteiger partial charge in [0, 0.05) is 24.6 Å². The fourth-order valence-electron chi connectivity index (χ4n) is 3.26. The van der Waals surface area contributed by atoms with Crippen molar-refractivity contribution in [2.45, 2.75) is 25.7 Å². The van der Waals surface area contributed by atoms with Gasteiger partial charge in [-0.15, -0.1) is 11.3 Å². The number of hydrogen-bond acceptors (Lipinski definition) is 4. The average molecular weight is 352 g/mol. The van der Waals surface area contributed by atoms with E-state index in [2.05, 4.69) is 15.2 Å². The van der Waals surface area contributed by atoms with Gasteiger partial charge in [0.15, 0.2) is 5.82 Å². The molecule has 0 radical (unpaired) electrons. The summed E-state index contributed by atoms with van der Waals surface area (Å²) in [6.45, 7) is 3.53.